The van der Waals surface area contributed by atoms with E-state index in [0.717, 1.165) is 36.6 Å². The van der Waals surface area contributed by atoms with Crippen molar-refractivity contribution >= 4 is 5.78 Å². The van der Waals surface area contributed by atoms with Crippen LogP contribution in [-0.4, -0.2) is 45.0 Å². The highest BCUT2D eigenvalue weighted by Gasteiger charge is 2.08. The second kappa shape index (κ2) is 9.08. The maximum absolute atomic E-state index is 12.1. The number of likely N-dealkylation sites (N-methyl/N-ethyl adjacent to an activating group) is 1. The van der Waals surface area contributed by atoms with E-state index in [0.29, 0.717) is 6.42 Å². The normalized spacial score (nSPS) is 10.7. The smallest absolute Gasteiger partial charge is 0.164 e. The first-order valence-electron chi connectivity index (χ1n) is 8.11. The first-order chi connectivity index (χ1) is 11.6. The van der Waals surface area contributed by atoms with E-state index in [4.69, 9.17) is 9.47 Å². The number of ketones is 1. The third kappa shape index (κ3) is 5.10. The van der Waals surface area contributed by atoms with Crippen LogP contribution < -0.4 is 9.47 Å². The summed E-state index contributed by atoms with van der Waals surface area (Å²) in [5.41, 5.74) is 1.97. The van der Waals surface area contributed by atoms with Crippen LogP contribution in [0.1, 0.15) is 22.3 Å². The van der Waals surface area contributed by atoms with Crippen LogP contribution in [0.5, 0.6) is 11.5 Å². The molecule has 0 atom stereocenters. The topological polar surface area (TPSA) is 38.8 Å². The first-order valence-corrected chi connectivity index (χ1v) is 8.11. The molecule has 0 aliphatic rings. The predicted molar refractivity (Wildman–Crippen MR) is 96.1 cm³/mol. The molecule has 0 heterocycles. The molecular weight excluding hydrogens is 302 g/mol. The number of hydrogen-bond acceptors (Lipinski definition) is 4. The SMILES string of the molecule is COc1ccc(CCN(C)CCC(=O)c2ccccc2)cc1OC. The largest absolute Gasteiger partial charge is 0.493 e. The number of hydrogen-bond donors (Lipinski definition) is 0. The van der Waals surface area contributed by atoms with Crippen molar-refractivity contribution in [2.24, 2.45) is 0 Å². The number of carbonyl (C=O) groups is 1. The fourth-order valence-electron chi connectivity index (χ4n) is 2.53. The van der Waals surface area contributed by atoms with Gasteiger partial charge in [-0.25, -0.2) is 0 Å². The van der Waals surface area contributed by atoms with E-state index < -0.39 is 0 Å². The van der Waals surface area contributed by atoms with Crippen LogP contribution in [0, 0.1) is 0 Å². The van der Waals surface area contributed by atoms with Crippen LogP contribution in [0.15, 0.2) is 48.5 Å². The molecule has 4 heteroatoms. The minimum Gasteiger partial charge on any atom is -0.493 e. The summed E-state index contributed by atoms with van der Waals surface area (Å²) in [6, 6.07) is 15.4. The Bertz CT molecular complexity index is 655. The molecule has 0 aromatic heterocycles. The van der Waals surface area contributed by atoms with Crippen molar-refractivity contribution in [3.63, 3.8) is 0 Å². The van der Waals surface area contributed by atoms with Gasteiger partial charge in [0.15, 0.2) is 17.3 Å². The highest BCUT2D eigenvalue weighted by atomic mass is 16.5. The Hall–Kier alpha value is -2.33. The van der Waals surface area contributed by atoms with Gasteiger partial charge in [0.05, 0.1) is 14.2 Å². The van der Waals surface area contributed by atoms with Gasteiger partial charge in [-0.15, -0.1) is 0 Å². The number of benzene rings is 2. The zero-order valence-electron chi connectivity index (χ0n) is 14.6. The molecule has 0 N–H and O–H groups in total. The summed E-state index contributed by atoms with van der Waals surface area (Å²) >= 11 is 0. The molecule has 0 saturated heterocycles. The van der Waals surface area contributed by atoms with Crippen LogP contribution in [0.2, 0.25) is 0 Å². The fraction of sp³-hybridized carbons (Fsp3) is 0.350. The molecule has 0 aliphatic heterocycles. The van der Waals surface area contributed by atoms with Crippen LogP contribution in [0.25, 0.3) is 0 Å². The van der Waals surface area contributed by atoms with Crippen molar-refractivity contribution in [2.75, 3.05) is 34.4 Å². The molecule has 2 rings (SSSR count). The van der Waals surface area contributed by atoms with Crippen molar-refractivity contribution in [3.05, 3.63) is 59.7 Å². The van der Waals surface area contributed by atoms with E-state index in [1.54, 1.807) is 14.2 Å². The van der Waals surface area contributed by atoms with Gasteiger partial charge in [-0.05, 0) is 31.2 Å². The lowest BCUT2D eigenvalue weighted by Gasteiger charge is -2.16. The average Bonchev–Trinajstić information content (AvgIpc) is 2.64. The van der Waals surface area contributed by atoms with Crippen molar-refractivity contribution in [1.82, 2.24) is 4.90 Å². The molecule has 0 spiro atoms. The number of rotatable bonds is 9. The highest BCUT2D eigenvalue weighted by molar-refractivity contribution is 5.96. The minimum absolute atomic E-state index is 0.188. The summed E-state index contributed by atoms with van der Waals surface area (Å²) in [6.07, 6.45) is 1.43. The van der Waals surface area contributed by atoms with Gasteiger partial charge >= 0.3 is 0 Å². The third-order valence-corrected chi connectivity index (χ3v) is 4.05. The van der Waals surface area contributed by atoms with E-state index in [-0.39, 0.29) is 5.78 Å². The molecule has 128 valence electrons. The average molecular weight is 327 g/mol. The molecule has 0 saturated carbocycles. The quantitative estimate of drug-likeness (QED) is 0.661. The van der Waals surface area contributed by atoms with Gasteiger partial charge in [0, 0.05) is 25.1 Å². The molecule has 0 aliphatic carbocycles. The number of carbonyl (C=O) groups excluding carboxylic acids is 1. The van der Waals surface area contributed by atoms with Crippen LogP contribution in [-0.2, 0) is 6.42 Å². The van der Waals surface area contributed by atoms with Gasteiger partial charge in [-0.3, -0.25) is 4.79 Å². The van der Waals surface area contributed by atoms with E-state index in [2.05, 4.69) is 4.90 Å². The Kier molecular flexibility index (Phi) is 6.82. The zero-order chi connectivity index (χ0) is 17.4. The summed E-state index contributed by atoms with van der Waals surface area (Å²) < 4.78 is 10.6. The molecule has 0 unspecified atom stereocenters. The molecule has 0 amide bonds. The molecule has 0 bridgehead atoms. The van der Waals surface area contributed by atoms with E-state index in [9.17, 15) is 4.79 Å². The van der Waals surface area contributed by atoms with Gasteiger partial charge < -0.3 is 14.4 Å². The molecule has 4 nitrogen and oxygen atoms in total. The summed E-state index contributed by atoms with van der Waals surface area (Å²) in [4.78, 5) is 14.3. The summed E-state index contributed by atoms with van der Waals surface area (Å²) in [5.74, 6) is 1.67. The van der Waals surface area contributed by atoms with E-state index in [1.165, 1.54) is 5.56 Å². The molecule has 2 aromatic rings. The fourth-order valence-corrected chi connectivity index (χ4v) is 2.53. The van der Waals surface area contributed by atoms with Crippen LogP contribution in [0.3, 0.4) is 0 Å². The maximum Gasteiger partial charge on any atom is 0.164 e. The second-order valence-electron chi connectivity index (χ2n) is 5.78. The van der Waals surface area contributed by atoms with Gasteiger partial charge in [-0.2, -0.15) is 0 Å². The zero-order valence-corrected chi connectivity index (χ0v) is 14.6. The Labute approximate surface area is 144 Å². The van der Waals surface area contributed by atoms with Crippen molar-refractivity contribution < 1.29 is 14.3 Å². The summed E-state index contributed by atoms with van der Waals surface area (Å²) in [5, 5.41) is 0. The lowest BCUT2D eigenvalue weighted by Crippen LogP contribution is -2.24. The van der Waals surface area contributed by atoms with Gasteiger partial charge in [0.2, 0.25) is 0 Å². The first kappa shape index (κ1) is 18.0. The minimum atomic E-state index is 0.188. The maximum atomic E-state index is 12.1. The number of ether oxygens (including phenoxy) is 2. The molecule has 0 fully saturated rings. The monoisotopic (exact) mass is 327 g/mol. The van der Waals surface area contributed by atoms with Crippen molar-refractivity contribution in [2.45, 2.75) is 12.8 Å². The standard InChI is InChI=1S/C20H25NO3/c1-21(14-12-18(22)17-7-5-4-6-8-17)13-11-16-9-10-19(23-2)20(15-16)24-3/h4-10,15H,11-14H2,1-3H3. The summed E-state index contributed by atoms with van der Waals surface area (Å²) in [7, 11) is 5.32. The van der Waals surface area contributed by atoms with Crippen molar-refractivity contribution in [3.8, 4) is 11.5 Å². The molecule has 0 radical (unpaired) electrons. The predicted octanol–water partition coefficient (Wildman–Crippen LogP) is 3.45. The van der Waals surface area contributed by atoms with Gasteiger partial charge in [0.1, 0.15) is 0 Å². The molecular formula is C20H25NO3. The van der Waals surface area contributed by atoms with Gasteiger partial charge in [-0.1, -0.05) is 36.4 Å². The van der Waals surface area contributed by atoms with E-state index >= 15 is 0 Å². The Morgan fingerprint density at radius 3 is 2.33 bits per heavy atom. The van der Waals surface area contributed by atoms with Crippen LogP contribution >= 0.6 is 0 Å². The lowest BCUT2D eigenvalue weighted by atomic mass is 10.1. The third-order valence-electron chi connectivity index (χ3n) is 4.05. The number of methoxy groups -OCH3 is 2. The molecule has 2 aromatic carbocycles. The number of nitrogens with zero attached hydrogens (tertiary/aromatic N) is 1. The molecule has 24 heavy (non-hydrogen) atoms. The highest BCUT2D eigenvalue weighted by Crippen LogP contribution is 2.27. The Morgan fingerprint density at radius 2 is 1.67 bits per heavy atom. The Morgan fingerprint density at radius 1 is 0.958 bits per heavy atom. The Balaban J connectivity index is 1.81. The summed E-state index contributed by atoms with van der Waals surface area (Å²) in [6.45, 7) is 1.64. The lowest BCUT2D eigenvalue weighted by molar-refractivity contribution is 0.0969. The second-order valence-corrected chi connectivity index (χ2v) is 5.78. The van der Waals surface area contributed by atoms with Crippen LogP contribution in [0.4, 0.5) is 0 Å². The van der Waals surface area contributed by atoms with E-state index in [1.807, 2.05) is 55.6 Å². The van der Waals surface area contributed by atoms with Crippen molar-refractivity contribution in [1.29, 1.82) is 0 Å². The number of Topliss-reactive ketones (excluding diaryl/α,β-unsaturated/α-hetero) is 1. The van der Waals surface area contributed by atoms with Gasteiger partial charge in [0.25, 0.3) is 0 Å².